The Balaban J connectivity index is 1.37. The van der Waals surface area contributed by atoms with Gasteiger partial charge in [0.05, 0.1) is 18.0 Å². The molecule has 164 valence electrons. The van der Waals surface area contributed by atoms with Gasteiger partial charge < -0.3 is 14.5 Å². The molecule has 1 N–H and O–H groups in total. The SMILES string of the molecule is CCCCOc1ccc(CNC(=O)CCc2c(-c3ccccc3)nc3ccccn23)cc1. The third-order valence-electron chi connectivity index (χ3n) is 5.44. The van der Waals surface area contributed by atoms with Crippen LogP contribution in [0, 0.1) is 0 Å². The summed E-state index contributed by atoms with van der Waals surface area (Å²) in [6.07, 6.45) is 5.20. The van der Waals surface area contributed by atoms with Gasteiger partial charge >= 0.3 is 0 Å². The molecule has 0 saturated heterocycles. The van der Waals surface area contributed by atoms with Gasteiger partial charge in [-0.3, -0.25) is 4.79 Å². The molecule has 0 aliphatic heterocycles. The molecule has 4 rings (SSSR count). The minimum absolute atomic E-state index is 0.0261. The van der Waals surface area contributed by atoms with Crippen molar-refractivity contribution in [1.29, 1.82) is 0 Å². The summed E-state index contributed by atoms with van der Waals surface area (Å²) < 4.78 is 7.77. The summed E-state index contributed by atoms with van der Waals surface area (Å²) >= 11 is 0. The van der Waals surface area contributed by atoms with E-state index in [0.29, 0.717) is 19.4 Å². The van der Waals surface area contributed by atoms with E-state index in [4.69, 9.17) is 9.72 Å². The molecule has 5 heteroatoms. The molecule has 0 unspecified atom stereocenters. The van der Waals surface area contributed by atoms with Crippen LogP contribution in [0.3, 0.4) is 0 Å². The molecule has 0 bridgehead atoms. The second kappa shape index (κ2) is 10.6. The van der Waals surface area contributed by atoms with Gasteiger partial charge in [0.1, 0.15) is 11.4 Å². The number of ether oxygens (including phenoxy) is 1. The molecule has 2 aromatic heterocycles. The molecule has 2 aromatic carbocycles. The zero-order chi connectivity index (χ0) is 22.2. The highest BCUT2D eigenvalue weighted by Crippen LogP contribution is 2.25. The zero-order valence-corrected chi connectivity index (χ0v) is 18.5. The number of benzene rings is 2. The second-order valence-electron chi connectivity index (χ2n) is 7.82. The highest BCUT2D eigenvalue weighted by molar-refractivity contribution is 5.77. The molecular formula is C27H29N3O2. The van der Waals surface area contributed by atoms with Crippen LogP contribution >= 0.6 is 0 Å². The molecule has 0 aliphatic rings. The average Bonchev–Trinajstić information content (AvgIpc) is 3.21. The molecule has 4 aromatic rings. The lowest BCUT2D eigenvalue weighted by Gasteiger charge is -2.09. The largest absolute Gasteiger partial charge is 0.494 e. The van der Waals surface area contributed by atoms with Crippen molar-refractivity contribution in [3.05, 3.63) is 90.3 Å². The van der Waals surface area contributed by atoms with Crippen LogP contribution in [-0.2, 0) is 17.8 Å². The molecule has 0 radical (unpaired) electrons. The Bertz CT molecular complexity index is 1150. The van der Waals surface area contributed by atoms with E-state index in [0.717, 1.165) is 53.4 Å². The second-order valence-corrected chi connectivity index (χ2v) is 7.82. The maximum Gasteiger partial charge on any atom is 0.220 e. The first-order valence-corrected chi connectivity index (χ1v) is 11.2. The maximum absolute atomic E-state index is 12.6. The monoisotopic (exact) mass is 427 g/mol. The first-order chi connectivity index (χ1) is 15.7. The highest BCUT2D eigenvalue weighted by Gasteiger charge is 2.15. The van der Waals surface area contributed by atoms with Crippen molar-refractivity contribution in [2.45, 2.75) is 39.2 Å². The number of imidazole rings is 1. The van der Waals surface area contributed by atoms with E-state index < -0.39 is 0 Å². The van der Waals surface area contributed by atoms with Crippen LogP contribution in [0.25, 0.3) is 16.9 Å². The normalized spacial score (nSPS) is 10.9. The quantitative estimate of drug-likeness (QED) is 0.343. The highest BCUT2D eigenvalue weighted by atomic mass is 16.5. The lowest BCUT2D eigenvalue weighted by atomic mass is 10.1. The number of nitrogens with zero attached hydrogens (tertiary/aromatic N) is 2. The molecule has 0 atom stereocenters. The summed E-state index contributed by atoms with van der Waals surface area (Å²) in [5.74, 6) is 0.896. The Morgan fingerprint density at radius 1 is 1.00 bits per heavy atom. The van der Waals surface area contributed by atoms with Gasteiger partial charge in [-0.1, -0.05) is 61.9 Å². The van der Waals surface area contributed by atoms with Gasteiger partial charge in [0.25, 0.3) is 0 Å². The molecule has 1 amide bonds. The van der Waals surface area contributed by atoms with Crippen LogP contribution < -0.4 is 10.1 Å². The van der Waals surface area contributed by atoms with Crippen LogP contribution in [0.5, 0.6) is 5.75 Å². The van der Waals surface area contributed by atoms with E-state index in [1.165, 1.54) is 0 Å². The Morgan fingerprint density at radius 3 is 2.56 bits per heavy atom. The number of fused-ring (bicyclic) bond motifs is 1. The number of nitrogens with one attached hydrogen (secondary N) is 1. The minimum atomic E-state index is 0.0261. The lowest BCUT2D eigenvalue weighted by molar-refractivity contribution is -0.121. The molecule has 0 aliphatic carbocycles. The number of unbranched alkanes of at least 4 members (excludes halogenated alkanes) is 1. The van der Waals surface area contributed by atoms with Gasteiger partial charge in [0, 0.05) is 24.7 Å². The molecular weight excluding hydrogens is 398 g/mol. The molecule has 0 spiro atoms. The minimum Gasteiger partial charge on any atom is -0.494 e. The van der Waals surface area contributed by atoms with Crippen molar-refractivity contribution in [3.8, 4) is 17.0 Å². The number of carbonyl (C=O) groups is 1. The van der Waals surface area contributed by atoms with Crippen molar-refractivity contribution in [2.75, 3.05) is 6.61 Å². The summed E-state index contributed by atoms with van der Waals surface area (Å²) in [6, 6.07) is 24.0. The molecule has 32 heavy (non-hydrogen) atoms. The Kier molecular flexibility index (Phi) is 7.18. The zero-order valence-electron chi connectivity index (χ0n) is 18.5. The summed E-state index contributed by atoms with van der Waals surface area (Å²) in [6.45, 7) is 3.39. The first-order valence-electron chi connectivity index (χ1n) is 11.2. The van der Waals surface area contributed by atoms with E-state index in [-0.39, 0.29) is 5.91 Å². The van der Waals surface area contributed by atoms with Crippen molar-refractivity contribution >= 4 is 11.6 Å². The maximum atomic E-state index is 12.6. The summed E-state index contributed by atoms with van der Waals surface area (Å²) in [7, 11) is 0. The summed E-state index contributed by atoms with van der Waals surface area (Å²) in [5.41, 5.74) is 5.00. The number of aryl methyl sites for hydroxylation is 1. The van der Waals surface area contributed by atoms with Gasteiger partial charge in [-0.2, -0.15) is 0 Å². The standard InChI is InChI=1S/C27H29N3O2/c1-2-3-19-32-23-14-12-21(13-15-23)20-28-26(31)17-16-24-27(22-9-5-4-6-10-22)29-25-11-7-8-18-30(24)25/h4-15,18H,2-3,16-17,19-20H2,1H3,(H,28,31). The third-order valence-corrected chi connectivity index (χ3v) is 5.44. The van der Waals surface area contributed by atoms with Crippen molar-refractivity contribution in [2.24, 2.45) is 0 Å². The lowest BCUT2D eigenvalue weighted by Crippen LogP contribution is -2.23. The number of rotatable bonds is 10. The van der Waals surface area contributed by atoms with Gasteiger partial charge in [-0.05, 0) is 42.7 Å². The molecule has 0 fully saturated rings. The Morgan fingerprint density at radius 2 is 1.78 bits per heavy atom. The van der Waals surface area contributed by atoms with Gasteiger partial charge in [0.2, 0.25) is 5.91 Å². The van der Waals surface area contributed by atoms with Crippen LogP contribution in [0.1, 0.15) is 37.4 Å². The van der Waals surface area contributed by atoms with E-state index in [2.05, 4.69) is 28.8 Å². The van der Waals surface area contributed by atoms with Crippen LogP contribution in [0.4, 0.5) is 0 Å². The van der Waals surface area contributed by atoms with Gasteiger partial charge in [-0.15, -0.1) is 0 Å². The van der Waals surface area contributed by atoms with Crippen molar-refractivity contribution < 1.29 is 9.53 Å². The van der Waals surface area contributed by atoms with Crippen molar-refractivity contribution in [3.63, 3.8) is 0 Å². The third kappa shape index (κ3) is 5.35. The Labute approximate surface area is 189 Å². The Hall–Kier alpha value is -3.60. The number of carbonyl (C=O) groups excluding carboxylic acids is 1. The fourth-order valence-electron chi connectivity index (χ4n) is 3.67. The van der Waals surface area contributed by atoms with E-state index >= 15 is 0 Å². The summed E-state index contributed by atoms with van der Waals surface area (Å²) in [5, 5.41) is 3.03. The summed E-state index contributed by atoms with van der Waals surface area (Å²) in [4.78, 5) is 17.4. The number of aromatic nitrogens is 2. The van der Waals surface area contributed by atoms with Gasteiger partial charge in [0.15, 0.2) is 0 Å². The molecule has 5 nitrogen and oxygen atoms in total. The van der Waals surface area contributed by atoms with Crippen LogP contribution in [0.15, 0.2) is 79.0 Å². The molecule has 2 heterocycles. The average molecular weight is 428 g/mol. The number of hydrogen-bond acceptors (Lipinski definition) is 3. The number of hydrogen-bond donors (Lipinski definition) is 1. The first kappa shape index (κ1) is 21.6. The van der Waals surface area contributed by atoms with Crippen LogP contribution in [-0.4, -0.2) is 21.9 Å². The smallest absolute Gasteiger partial charge is 0.220 e. The predicted molar refractivity (Wildman–Crippen MR) is 128 cm³/mol. The van der Waals surface area contributed by atoms with E-state index in [1.54, 1.807) is 0 Å². The van der Waals surface area contributed by atoms with Crippen LogP contribution in [0.2, 0.25) is 0 Å². The fourth-order valence-corrected chi connectivity index (χ4v) is 3.67. The van der Waals surface area contributed by atoms with E-state index in [1.807, 2.05) is 66.9 Å². The number of amides is 1. The predicted octanol–water partition coefficient (Wildman–Crippen LogP) is 5.43. The van der Waals surface area contributed by atoms with Crippen molar-refractivity contribution in [1.82, 2.24) is 14.7 Å². The van der Waals surface area contributed by atoms with Gasteiger partial charge in [-0.25, -0.2) is 4.98 Å². The fraction of sp³-hybridized carbons (Fsp3) is 0.259. The topological polar surface area (TPSA) is 55.6 Å². The molecule has 0 saturated carbocycles. The van der Waals surface area contributed by atoms with E-state index in [9.17, 15) is 4.79 Å². The number of pyridine rings is 1.